The van der Waals surface area contributed by atoms with Crippen LogP contribution in [0.25, 0.3) is 0 Å². The van der Waals surface area contributed by atoms with Gasteiger partial charge in [-0.3, -0.25) is 24.0 Å². The topological polar surface area (TPSA) is 162 Å². The number of carbonyl (C=O) groups is 5. The van der Waals surface area contributed by atoms with E-state index in [2.05, 4.69) is 28.6 Å². The Morgan fingerprint density at radius 2 is 1.68 bits per heavy atom. The minimum absolute atomic E-state index is 0.107. The molecule has 0 bridgehead atoms. The van der Waals surface area contributed by atoms with Gasteiger partial charge < -0.3 is 26.2 Å². The van der Waals surface area contributed by atoms with Crippen LogP contribution in [0.5, 0.6) is 0 Å². The van der Waals surface area contributed by atoms with Gasteiger partial charge in [0.05, 0.1) is 0 Å². The van der Waals surface area contributed by atoms with Gasteiger partial charge in [0.25, 0.3) is 0 Å². The van der Waals surface area contributed by atoms with Gasteiger partial charge in [-0.2, -0.15) is 12.6 Å². The molecule has 0 aliphatic rings. The number of carbonyl (C=O) groups excluding carboxylic acids is 3. The lowest BCUT2D eigenvalue weighted by Crippen LogP contribution is -2.54. The zero-order valence-electron chi connectivity index (χ0n) is 11.4. The van der Waals surface area contributed by atoms with Gasteiger partial charge in [0.15, 0.2) is 0 Å². The van der Waals surface area contributed by atoms with E-state index in [0.717, 1.165) is 0 Å². The first kappa shape index (κ1) is 19.7. The van der Waals surface area contributed by atoms with Crippen molar-refractivity contribution in [2.24, 2.45) is 0 Å². The molecule has 3 amide bonds. The fraction of sp³-hybridized carbons (Fsp3) is 0.545. The van der Waals surface area contributed by atoms with Crippen molar-refractivity contribution in [2.45, 2.75) is 24.9 Å². The zero-order valence-corrected chi connectivity index (χ0v) is 12.3. The third-order valence-corrected chi connectivity index (χ3v) is 2.83. The lowest BCUT2D eigenvalue weighted by atomic mass is 10.1. The van der Waals surface area contributed by atoms with Crippen molar-refractivity contribution in [1.82, 2.24) is 16.0 Å². The molecule has 0 aromatic rings. The number of carboxylic acids is 2. The number of hydrogen-bond donors (Lipinski definition) is 6. The van der Waals surface area contributed by atoms with E-state index in [9.17, 15) is 24.0 Å². The molecule has 0 unspecified atom stereocenters. The summed E-state index contributed by atoms with van der Waals surface area (Å²) in [6, 6.07) is -2.24. The summed E-state index contributed by atoms with van der Waals surface area (Å²) >= 11 is 3.87. The monoisotopic (exact) mass is 335 g/mol. The standard InChI is InChI=1S/C11H17N3O7S/c15-5-13-6(1-2-8(16)17)11(21)14-7(4-22)10(20)12-3-9(18)19/h5-7,22H,1-4H2,(H,12,20)(H,13,15)(H,14,21)(H,16,17)(H,18,19)/t6-,7-/m0/s1. The molecule has 0 fully saturated rings. The van der Waals surface area contributed by atoms with E-state index < -0.39 is 42.4 Å². The Morgan fingerprint density at radius 1 is 1.05 bits per heavy atom. The summed E-state index contributed by atoms with van der Waals surface area (Å²) < 4.78 is 0. The molecule has 11 heteroatoms. The lowest BCUT2D eigenvalue weighted by molar-refractivity contribution is -0.138. The molecule has 0 rings (SSSR count). The normalized spacial score (nSPS) is 12.6. The molecule has 0 spiro atoms. The van der Waals surface area contributed by atoms with Crippen molar-refractivity contribution in [3.05, 3.63) is 0 Å². The summed E-state index contributed by atoms with van der Waals surface area (Å²) in [5.74, 6) is -4.02. The largest absolute Gasteiger partial charge is 0.481 e. The highest BCUT2D eigenvalue weighted by Crippen LogP contribution is 1.99. The van der Waals surface area contributed by atoms with E-state index in [0.29, 0.717) is 0 Å². The van der Waals surface area contributed by atoms with Gasteiger partial charge >= 0.3 is 11.9 Å². The second-order valence-corrected chi connectivity index (χ2v) is 4.49. The average Bonchev–Trinajstić information content (AvgIpc) is 2.45. The third kappa shape index (κ3) is 8.09. The summed E-state index contributed by atoms with van der Waals surface area (Å²) in [5, 5.41) is 23.5. The average molecular weight is 335 g/mol. The molecule has 0 radical (unpaired) electrons. The molecule has 124 valence electrons. The molecular formula is C11H17N3O7S. The molecule has 0 saturated carbocycles. The van der Waals surface area contributed by atoms with Crippen LogP contribution in [0, 0.1) is 0 Å². The van der Waals surface area contributed by atoms with Gasteiger partial charge in [0.2, 0.25) is 18.2 Å². The van der Waals surface area contributed by atoms with Crippen LogP contribution >= 0.6 is 12.6 Å². The maximum atomic E-state index is 11.9. The van der Waals surface area contributed by atoms with Crippen LogP contribution in [0.1, 0.15) is 12.8 Å². The fourth-order valence-electron chi connectivity index (χ4n) is 1.39. The summed E-state index contributed by atoms with van der Waals surface area (Å²) in [7, 11) is 0. The molecule has 0 aliphatic carbocycles. The first-order valence-electron chi connectivity index (χ1n) is 6.14. The van der Waals surface area contributed by atoms with Gasteiger partial charge in [-0.05, 0) is 6.42 Å². The van der Waals surface area contributed by atoms with Crippen LogP contribution < -0.4 is 16.0 Å². The van der Waals surface area contributed by atoms with Crippen LogP contribution in [0.2, 0.25) is 0 Å². The highest BCUT2D eigenvalue weighted by molar-refractivity contribution is 7.80. The summed E-state index contributed by atoms with van der Waals surface area (Å²) in [6.45, 7) is -0.617. The quantitative estimate of drug-likeness (QED) is 0.181. The smallest absolute Gasteiger partial charge is 0.322 e. The predicted molar refractivity (Wildman–Crippen MR) is 76.3 cm³/mol. The van der Waals surface area contributed by atoms with E-state index in [1.165, 1.54) is 0 Å². The van der Waals surface area contributed by atoms with Crippen molar-refractivity contribution < 1.29 is 34.2 Å². The first-order valence-corrected chi connectivity index (χ1v) is 6.77. The van der Waals surface area contributed by atoms with E-state index in [-0.39, 0.29) is 25.0 Å². The van der Waals surface area contributed by atoms with Crippen molar-refractivity contribution in [1.29, 1.82) is 0 Å². The molecule has 0 aliphatic heterocycles. The van der Waals surface area contributed by atoms with E-state index >= 15 is 0 Å². The van der Waals surface area contributed by atoms with Crippen LogP contribution in [0.15, 0.2) is 0 Å². The minimum atomic E-state index is -1.25. The number of hydrogen-bond acceptors (Lipinski definition) is 6. The van der Waals surface area contributed by atoms with Gasteiger partial charge in [-0.25, -0.2) is 0 Å². The Kier molecular flexibility index (Phi) is 9.34. The highest BCUT2D eigenvalue weighted by Gasteiger charge is 2.25. The Morgan fingerprint density at radius 3 is 2.14 bits per heavy atom. The molecular weight excluding hydrogens is 318 g/mol. The lowest BCUT2D eigenvalue weighted by Gasteiger charge is -2.20. The fourth-order valence-corrected chi connectivity index (χ4v) is 1.65. The molecule has 0 aromatic heterocycles. The zero-order chi connectivity index (χ0) is 17.1. The SMILES string of the molecule is O=CN[C@@H](CCC(=O)O)C(=O)N[C@@H](CS)C(=O)NCC(=O)O. The van der Waals surface area contributed by atoms with Crippen molar-refractivity contribution >= 4 is 42.8 Å². The molecule has 22 heavy (non-hydrogen) atoms. The third-order valence-electron chi connectivity index (χ3n) is 2.46. The number of rotatable bonds is 11. The Hall–Kier alpha value is -2.30. The Balaban J connectivity index is 4.63. The molecule has 0 aromatic carbocycles. The summed E-state index contributed by atoms with van der Waals surface area (Å²) in [5.41, 5.74) is 0. The molecule has 2 atom stereocenters. The number of amides is 3. The number of carboxylic acid groups (broad SMARTS) is 2. The van der Waals surface area contributed by atoms with Crippen LogP contribution in [0.4, 0.5) is 0 Å². The van der Waals surface area contributed by atoms with Crippen LogP contribution in [0.3, 0.4) is 0 Å². The minimum Gasteiger partial charge on any atom is -0.481 e. The summed E-state index contributed by atoms with van der Waals surface area (Å²) in [4.78, 5) is 54.8. The maximum Gasteiger partial charge on any atom is 0.322 e. The van der Waals surface area contributed by atoms with Gasteiger partial charge in [-0.15, -0.1) is 0 Å². The summed E-state index contributed by atoms with van der Waals surface area (Å²) in [6.07, 6.45) is -0.266. The molecule has 0 heterocycles. The molecule has 5 N–H and O–H groups in total. The Bertz CT molecular complexity index is 443. The second-order valence-electron chi connectivity index (χ2n) is 4.12. The number of aliphatic carboxylic acids is 2. The van der Waals surface area contributed by atoms with Crippen molar-refractivity contribution in [3.8, 4) is 0 Å². The number of thiol groups is 1. The van der Waals surface area contributed by atoms with Crippen molar-refractivity contribution in [2.75, 3.05) is 12.3 Å². The van der Waals surface area contributed by atoms with E-state index in [4.69, 9.17) is 10.2 Å². The van der Waals surface area contributed by atoms with E-state index in [1.807, 2.05) is 0 Å². The van der Waals surface area contributed by atoms with Gasteiger partial charge in [-0.1, -0.05) is 0 Å². The first-order chi connectivity index (χ1) is 10.3. The predicted octanol–water partition coefficient (Wildman–Crippen LogP) is -2.42. The molecule has 10 nitrogen and oxygen atoms in total. The number of nitrogens with one attached hydrogen (secondary N) is 3. The van der Waals surface area contributed by atoms with Gasteiger partial charge in [0, 0.05) is 12.2 Å². The van der Waals surface area contributed by atoms with Crippen LogP contribution in [-0.2, 0) is 24.0 Å². The van der Waals surface area contributed by atoms with Gasteiger partial charge in [0.1, 0.15) is 18.6 Å². The maximum absolute atomic E-state index is 11.9. The Labute approximate surface area is 131 Å². The van der Waals surface area contributed by atoms with Crippen LogP contribution in [-0.4, -0.2) is 64.8 Å². The highest BCUT2D eigenvalue weighted by atomic mass is 32.1. The van der Waals surface area contributed by atoms with E-state index in [1.54, 1.807) is 0 Å². The second kappa shape index (κ2) is 10.4. The van der Waals surface area contributed by atoms with Crippen molar-refractivity contribution in [3.63, 3.8) is 0 Å². The molecule has 0 saturated heterocycles.